The molecule has 0 fully saturated rings. The number of thioether (sulfide) groups is 1. The first kappa shape index (κ1) is 17.6. The maximum absolute atomic E-state index is 12.2. The predicted molar refractivity (Wildman–Crippen MR) is 95.9 cm³/mol. The Hall–Kier alpha value is -1.79. The summed E-state index contributed by atoms with van der Waals surface area (Å²) in [6.07, 6.45) is 0.997. The van der Waals surface area contributed by atoms with Crippen LogP contribution in [0.3, 0.4) is 0 Å². The molecule has 4 nitrogen and oxygen atoms in total. The Kier molecular flexibility index (Phi) is 6.24. The highest BCUT2D eigenvalue weighted by molar-refractivity contribution is 9.10. The van der Waals surface area contributed by atoms with Crippen molar-refractivity contribution in [2.45, 2.75) is 17.9 Å². The van der Waals surface area contributed by atoms with E-state index in [2.05, 4.69) is 21.2 Å². The smallest absolute Gasteiger partial charge is 0.340 e. The van der Waals surface area contributed by atoms with Crippen molar-refractivity contribution in [3.05, 3.63) is 58.6 Å². The molecule has 0 heterocycles. The van der Waals surface area contributed by atoms with Gasteiger partial charge in [-0.2, -0.15) is 0 Å². The van der Waals surface area contributed by atoms with Gasteiger partial charge in [-0.3, -0.25) is 4.79 Å². The molecule has 120 valence electrons. The molecule has 0 bridgehead atoms. The van der Waals surface area contributed by atoms with E-state index < -0.39 is 12.1 Å². The summed E-state index contributed by atoms with van der Waals surface area (Å²) >= 11 is 4.79. The molecule has 2 rings (SSSR count). The molecule has 0 saturated heterocycles. The van der Waals surface area contributed by atoms with Crippen molar-refractivity contribution >= 4 is 45.3 Å². The SMILES string of the molecule is CSc1ccccc1C(=O)O[C@@H](C)C(=O)Nc1ccc(Br)cc1. The van der Waals surface area contributed by atoms with Gasteiger partial charge >= 0.3 is 5.97 Å². The second kappa shape index (κ2) is 8.17. The summed E-state index contributed by atoms with van der Waals surface area (Å²) in [5.41, 5.74) is 1.11. The molecule has 0 aromatic heterocycles. The highest BCUT2D eigenvalue weighted by Crippen LogP contribution is 2.21. The molecule has 0 unspecified atom stereocenters. The lowest BCUT2D eigenvalue weighted by Crippen LogP contribution is -2.30. The number of hydrogen-bond donors (Lipinski definition) is 1. The zero-order valence-corrected chi connectivity index (χ0v) is 15.1. The highest BCUT2D eigenvalue weighted by Gasteiger charge is 2.20. The summed E-state index contributed by atoms with van der Waals surface area (Å²) in [6, 6.07) is 14.3. The molecule has 0 spiro atoms. The van der Waals surface area contributed by atoms with Crippen molar-refractivity contribution in [1.82, 2.24) is 0 Å². The number of anilines is 1. The van der Waals surface area contributed by atoms with Gasteiger partial charge in [-0.1, -0.05) is 28.1 Å². The van der Waals surface area contributed by atoms with Crippen LogP contribution in [0.1, 0.15) is 17.3 Å². The fourth-order valence-corrected chi connectivity index (χ4v) is 2.72. The minimum atomic E-state index is -0.888. The van der Waals surface area contributed by atoms with Gasteiger partial charge in [0.15, 0.2) is 6.10 Å². The molecule has 2 aromatic carbocycles. The van der Waals surface area contributed by atoms with Crippen LogP contribution in [0, 0.1) is 0 Å². The van der Waals surface area contributed by atoms with E-state index in [1.54, 1.807) is 31.2 Å². The lowest BCUT2D eigenvalue weighted by atomic mass is 10.2. The number of carbonyl (C=O) groups excluding carboxylic acids is 2. The van der Waals surface area contributed by atoms with E-state index >= 15 is 0 Å². The van der Waals surface area contributed by atoms with Gasteiger partial charge in [0.05, 0.1) is 5.56 Å². The minimum absolute atomic E-state index is 0.373. The average molecular weight is 394 g/mol. The first-order chi connectivity index (χ1) is 11.0. The van der Waals surface area contributed by atoms with Crippen LogP contribution in [0.25, 0.3) is 0 Å². The summed E-state index contributed by atoms with van der Waals surface area (Å²) in [4.78, 5) is 25.1. The summed E-state index contributed by atoms with van der Waals surface area (Å²) in [5.74, 6) is -0.879. The molecule has 0 saturated carbocycles. The van der Waals surface area contributed by atoms with Crippen LogP contribution in [-0.4, -0.2) is 24.2 Å². The average Bonchev–Trinajstić information content (AvgIpc) is 2.56. The summed E-state index contributed by atoms with van der Waals surface area (Å²) in [7, 11) is 0. The monoisotopic (exact) mass is 393 g/mol. The van der Waals surface area contributed by atoms with Crippen LogP contribution in [0.15, 0.2) is 57.9 Å². The van der Waals surface area contributed by atoms with Gasteiger partial charge in [0.2, 0.25) is 0 Å². The molecule has 23 heavy (non-hydrogen) atoms. The standard InChI is InChI=1S/C17H16BrNO3S/c1-11(16(20)19-13-9-7-12(18)8-10-13)22-17(21)14-5-3-4-6-15(14)23-2/h3-11H,1-2H3,(H,19,20)/t11-/m0/s1. The van der Waals surface area contributed by atoms with Crippen LogP contribution >= 0.6 is 27.7 Å². The fraction of sp³-hybridized carbons (Fsp3) is 0.176. The Balaban J connectivity index is 2.00. The Morgan fingerprint density at radius 3 is 2.43 bits per heavy atom. The number of esters is 1. The van der Waals surface area contributed by atoms with Crippen molar-refractivity contribution in [3.63, 3.8) is 0 Å². The number of ether oxygens (including phenoxy) is 1. The molecule has 0 aliphatic heterocycles. The zero-order chi connectivity index (χ0) is 16.8. The van der Waals surface area contributed by atoms with Gasteiger partial charge in [0.25, 0.3) is 5.91 Å². The number of amides is 1. The van der Waals surface area contributed by atoms with E-state index in [1.807, 2.05) is 30.5 Å². The van der Waals surface area contributed by atoms with Gasteiger partial charge in [0, 0.05) is 15.1 Å². The summed E-state index contributed by atoms with van der Waals surface area (Å²) in [6.45, 7) is 1.55. The molecule has 0 aliphatic rings. The molecule has 0 aliphatic carbocycles. The number of nitrogens with one attached hydrogen (secondary N) is 1. The molecule has 1 amide bonds. The van der Waals surface area contributed by atoms with Gasteiger partial charge in [-0.25, -0.2) is 4.79 Å². The molecule has 6 heteroatoms. The van der Waals surface area contributed by atoms with Crippen molar-refractivity contribution in [2.75, 3.05) is 11.6 Å². The molecule has 1 atom stereocenters. The number of benzene rings is 2. The topological polar surface area (TPSA) is 55.4 Å². The molecular weight excluding hydrogens is 378 g/mol. The minimum Gasteiger partial charge on any atom is -0.449 e. The zero-order valence-electron chi connectivity index (χ0n) is 12.7. The quantitative estimate of drug-likeness (QED) is 0.605. The summed E-state index contributed by atoms with van der Waals surface area (Å²) in [5, 5.41) is 2.71. The van der Waals surface area contributed by atoms with E-state index in [4.69, 9.17) is 4.74 Å². The third kappa shape index (κ3) is 4.84. The maximum atomic E-state index is 12.2. The van der Waals surface area contributed by atoms with Gasteiger partial charge in [-0.05, 0) is 49.6 Å². The predicted octanol–water partition coefficient (Wildman–Crippen LogP) is 4.36. The Morgan fingerprint density at radius 2 is 1.78 bits per heavy atom. The van der Waals surface area contributed by atoms with Crippen LogP contribution in [0.5, 0.6) is 0 Å². The Morgan fingerprint density at radius 1 is 1.13 bits per heavy atom. The second-order valence-corrected chi connectivity index (χ2v) is 6.51. The second-order valence-electron chi connectivity index (χ2n) is 4.74. The molecule has 1 N–H and O–H groups in total. The van der Waals surface area contributed by atoms with E-state index in [-0.39, 0.29) is 5.91 Å². The lowest BCUT2D eigenvalue weighted by Gasteiger charge is -2.14. The van der Waals surface area contributed by atoms with E-state index in [1.165, 1.54) is 11.8 Å². The van der Waals surface area contributed by atoms with Crippen molar-refractivity contribution in [3.8, 4) is 0 Å². The summed E-state index contributed by atoms with van der Waals surface area (Å²) < 4.78 is 6.18. The Bertz CT molecular complexity index is 703. The highest BCUT2D eigenvalue weighted by atomic mass is 79.9. The lowest BCUT2D eigenvalue weighted by molar-refractivity contribution is -0.123. The van der Waals surface area contributed by atoms with Crippen molar-refractivity contribution < 1.29 is 14.3 Å². The largest absolute Gasteiger partial charge is 0.449 e. The fourth-order valence-electron chi connectivity index (χ4n) is 1.87. The van der Waals surface area contributed by atoms with Crippen LogP contribution in [0.2, 0.25) is 0 Å². The van der Waals surface area contributed by atoms with E-state index in [9.17, 15) is 9.59 Å². The first-order valence-corrected chi connectivity index (χ1v) is 8.93. The van der Waals surface area contributed by atoms with Crippen molar-refractivity contribution in [2.24, 2.45) is 0 Å². The Labute approximate surface area is 147 Å². The van der Waals surface area contributed by atoms with Crippen LogP contribution in [-0.2, 0) is 9.53 Å². The molecule has 0 radical (unpaired) electrons. The first-order valence-electron chi connectivity index (χ1n) is 6.91. The third-order valence-electron chi connectivity index (χ3n) is 3.09. The maximum Gasteiger partial charge on any atom is 0.340 e. The van der Waals surface area contributed by atoms with Gasteiger partial charge in [-0.15, -0.1) is 11.8 Å². The normalized spacial score (nSPS) is 11.6. The van der Waals surface area contributed by atoms with Gasteiger partial charge in [0.1, 0.15) is 0 Å². The number of hydrogen-bond acceptors (Lipinski definition) is 4. The van der Waals surface area contributed by atoms with E-state index in [0.717, 1.165) is 9.37 Å². The molecule has 2 aromatic rings. The number of halogens is 1. The van der Waals surface area contributed by atoms with Gasteiger partial charge < -0.3 is 10.1 Å². The molecular formula is C17H16BrNO3S. The van der Waals surface area contributed by atoms with E-state index in [0.29, 0.717) is 11.3 Å². The van der Waals surface area contributed by atoms with Crippen molar-refractivity contribution in [1.29, 1.82) is 0 Å². The third-order valence-corrected chi connectivity index (χ3v) is 4.42. The number of carbonyl (C=O) groups is 2. The van der Waals surface area contributed by atoms with Crippen LogP contribution in [0.4, 0.5) is 5.69 Å². The number of rotatable bonds is 5. The van der Waals surface area contributed by atoms with Crippen LogP contribution < -0.4 is 5.32 Å².